The van der Waals surface area contributed by atoms with Crippen molar-refractivity contribution in [3.05, 3.63) is 53.0 Å². The monoisotopic (exact) mass is 423 g/mol. The van der Waals surface area contributed by atoms with Crippen molar-refractivity contribution in [1.29, 1.82) is 0 Å². The average Bonchev–Trinajstić information content (AvgIpc) is 2.99. The maximum atomic E-state index is 13.2. The van der Waals surface area contributed by atoms with Gasteiger partial charge in [-0.3, -0.25) is 9.69 Å². The van der Waals surface area contributed by atoms with Crippen LogP contribution >= 0.6 is 0 Å². The van der Waals surface area contributed by atoms with Gasteiger partial charge in [0.25, 0.3) is 5.91 Å². The maximum Gasteiger partial charge on any atom is 0.272 e. The van der Waals surface area contributed by atoms with Crippen molar-refractivity contribution in [2.24, 2.45) is 0 Å². The molecule has 1 aliphatic rings. The first-order valence-electron chi connectivity index (χ1n) is 11.3. The van der Waals surface area contributed by atoms with Crippen LogP contribution in [-0.2, 0) is 12.0 Å². The van der Waals surface area contributed by atoms with Gasteiger partial charge in [0.1, 0.15) is 17.8 Å². The summed E-state index contributed by atoms with van der Waals surface area (Å²) in [4.78, 5) is 26.3. The maximum absolute atomic E-state index is 13.2. The van der Waals surface area contributed by atoms with Gasteiger partial charge in [-0.15, -0.1) is 0 Å². The first kappa shape index (κ1) is 23.2. The number of hydrogen-bond acceptors (Lipinski definition) is 5. The molecule has 1 aromatic heterocycles. The summed E-state index contributed by atoms with van der Waals surface area (Å²) < 4.78 is 0. The largest absolute Gasteiger partial charge is 0.366 e. The summed E-state index contributed by atoms with van der Waals surface area (Å²) in [7, 11) is 0. The van der Waals surface area contributed by atoms with Crippen molar-refractivity contribution in [2.75, 3.05) is 31.5 Å². The highest BCUT2D eigenvalue weighted by Gasteiger charge is 2.24. The van der Waals surface area contributed by atoms with Gasteiger partial charge in [0.05, 0.1) is 0 Å². The molecule has 2 heterocycles. The van der Waals surface area contributed by atoms with E-state index in [1.54, 1.807) is 0 Å². The lowest BCUT2D eigenvalue weighted by molar-refractivity contribution is 0.0752. The van der Waals surface area contributed by atoms with Gasteiger partial charge in [-0.2, -0.15) is 0 Å². The van der Waals surface area contributed by atoms with Crippen LogP contribution in [0, 0.1) is 6.92 Å². The van der Waals surface area contributed by atoms with E-state index in [4.69, 9.17) is 0 Å². The van der Waals surface area contributed by atoms with E-state index in [9.17, 15) is 4.79 Å². The number of aromatic nitrogens is 2. The number of benzene rings is 1. The van der Waals surface area contributed by atoms with Gasteiger partial charge in [-0.25, -0.2) is 9.97 Å². The number of rotatable bonds is 5. The van der Waals surface area contributed by atoms with E-state index >= 15 is 0 Å². The number of amides is 1. The van der Waals surface area contributed by atoms with Gasteiger partial charge in [0, 0.05) is 44.3 Å². The van der Waals surface area contributed by atoms with Crippen LogP contribution < -0.4 is 5.32 Å². The zero-order chi connectivity index (χ0) is 22.6. The third kappa shape index (κ3) is 5.82. The van der Waals surface area contributed by atoms with Crippen LogP contribution in [-0.4, -0.2) is 57.9 Å². The third-order valence-electron chi connectivity index (χ3n) is 6.11. The van der Waals surface area contributed by atoms with Gasteiger partial charge in [-0.1, -0.05) is 45.0 Å². The Morgan fingerprint density at radius 3 is 2.42 bits per heavy atom. The van der Waals surface area contributed by atoms with Crippen LogP contribution in [0.1, 0.15) is 68.2 Å². The van der Waals surface area contributed by atoms with Crippen LogP contribution in [0.3, 0.4) is 0 Å². The molecule has 1 aliphatic heterocycles. The summed E-state index contributed by atoms with van der Waals surface area (Å²) in [5.41, 5.74) is 3.95. The van der Waals surface area contributed by atoms with E-state index in [2.05, 4.69) is 79.1 Å². The molecule has 1 amide bonds. The fourth-order valence-corrected chi connectivity index (χ4v) is 3.96. The molecular formula is C25H37N5O. The van der Waals surface area contributed by atoms with Crippen LogP contribution in [0.15, 0.2) is 30.6 Å². The Morgan fingerprint density at radius 2 is 1.77 bits per heavy atom. The minimum Gasteiger partial charge on any atom is -0.366 e. The zero-order valence-corrected chi connectivity index (χ0v) is 19.9. The summed E-state index contributed by atoms with van der Waals surface area (Å²) in [5.74, 6) is 0.722. The standard InChI is InChI=1S/C25H37N5O/c1-18(2)29-12-7-13-30(15-14-29)24(31)22-19(3)23(28-17-27-22)26-16-20-8-10-21(11-9-20)25(4,5)6/h8-11,17-18H,7,12-16H2,1-6H3,(H,26,27,28). The molecule has 168 valence electrons. The highest BCUT2D eigenvalue weighted by molar-refractivity contribution is 5.94. The predicted octanol–water partition coefficient (Wildman–Crippen LogP) is 4.25. The fraction of sp³-hybridized carbons (Fsp3) is 0.560. The van der Waals surface area contributed by atoms with E-state index in [-0.39, 0.29) is 11.3 Å². The highest BCUT2D eigenvalue weighted by Crippen LogP contribution is 2.23. The van der Waals surface area contributed by atoms with E-state index in [0.717, 1.165) is 44.0 Å². The SMILES string of the molecule is Cc1c(NCc2ccc(C(C)(C)C)cc2)ncnc1C(=O)N1CCCN(C(C)C)CC1. The van der Waals surface area contributed by atoms with Crippen LogP contribution in [0.5, 0.6) is 0 Å². The molecule has 6 heteroatoms. The molecule has 3 rings (SSSR count). The van der Waals surface area contributed by atoms with Gasteiger partial charge in [-0.05, 0) is 43.7 Å². The Balaban J connectivity index is 1.67. The fourth-order valence-electron chi connectivity index (χ4n) is 3.96. The normalized spacial score (nSPS) is 15.8. The number of carbonyl (C=O) groups is 1. The molecule has 2 aromatic rings. The Labute approximate surface area is 187 Å². The molecule has 1 saturated heterocycles. The lowest BCUT2D eigenvalue weighted by Gasteiger charge is -2.25. The molecule has 0 spiro atoms. The summed E-state index contributed by atoms with van der Waals surface area (Å²) in [5, 5.41) is 3.39. The molecule has 31 heavy (non-hydrogen) atoms. The first-order valence-corrected chi connectivity index (χ1v) is 11.3. The van der Waals surface area contributed by atoms with Crippen molar-refractivity contribution < 1.29 is 4.79 Å². The second-order valence-electron chi connectivity index (χ2n) is 9.77. The molecule has 1 aromatic carbocycles. The van der Waals surface area contributed by atoms with E-state index < -0.39 is 0 Å². The number of nitrogens with zero attached hydrogens (tertiary/aromatic N) is 4. The minimum atomic E-state index is 0.00286. The van der Waals surface area contributed by atoms with Crippen molar-refractivity contribution in [3.8, 4) is 0 Å². The van der Waals surface area contributed by atoms with Gasteiger partial charge in [0.15, 0.2) is 0 Å². The molecule has 0 bridgehead atoms. The molecular weight excluding hydrogens is 386 g/mol. The second-order valence-corrected chi connectivity index (χ2v) is 9.77. The third-order valence-corrected chi connectivity index (χ3v) is 6.11. The quantitative estimate of drug-likeness (QED) is 0.779. The van der Waals surface area contributed by atoms with Crippen LogP contribution in [0.4, 0.5) is 5.82 Å². The summed E-state index contributed by atoms with van der Waals surface area (Å²) >= 11 is 0. The number of anilines is 1. The van der Waals surface area contributed by atoms with E-state index in [1.807, 2.05) is 11.8 Å². The van der Waals surface area contributed by atoms with Crippen LogP contribution in [0.2, 0.25) is 0 Å². The van der Waals surface area contributed by atoms with Crippen molar-refractivity contribution in [3.63, 3.8) is 0 Å². The number of nitrogens with one attached hydrogen (secondary N) is 1. The lowest BCUT2D eigenvalue weighted by Crippen LogP contribution is -2.38. The molecule has 0 unspecified atom stereocenters. The molecule has 0 aliphatic carbocycles. The Hall–Kier alpha value is -2.47. The predicted molar refractivity (Wildman–Crippen MR) is 126 cm³/mol. The Kier molecular flexibility index (Phi) is 7.31. The highest BCUT2D eigenvalue weighted by atomic mass is 16.2. The molecule has 6 nitrogen and oxygen atoms in total. The van der Waals surface area contributed by atoms with Gasteiger partial charge in [0.2, 0.25) is 0 Å². The van der Waals surface area contributed by atoms with E-state index in [0.29, 0.717) is 18.3 Å². The average molecular weight is 424 g/mol. The number of carbonyl (C=O) groups excluding carboxylic acids is 1. The van der Waals surface area contributed by atoms with Crippen LogP contribution in [0.25, 0.3) is 0 Å². The van der Waals surface area contributed by atoms with E-state index in [1.165, 1.54) is 17.5 Å². The molecule has 0 radical (unpaired) electrons. The zero-order valence-electron chi connectivity index (χ0n) is 19.9. The molecule has 1 N–H and O–H groups in total. The molecule has 1 fully saturated rings. The topological polar surface area (TPSA) is 61.4 Å². The van der Waals surface area contributed by atoms with Crippen molar-refractivity contribution >= 4 is 11.7 Å². The number of hydrogen-bond donors (Lipinski definition) is 1. The summed E-state index contributed by atoms with van der Waals surface area (Å²) in [6, 6.07) is 9.16. The minimum absolute atomic E-state index is 0.00286. The Bertz CT molecular complexity index is 886. The second kappa shape index (κ2) is 9.77. The molecule has 0 atom stereocenters. The van der Waals surface area contributed by atoms with Gasteiger partial charge < -0.3 is 10.2 Å². The van der Waals surface area contributed by atoms with Crippen molar-refractivity contribution in [2.45, 2.75) is 66.0 Å². The summed E-state index contributed by atoms with van der Waals surface area (Å²) in [6.07, 6.45) is 2.48. The summed E-state index contributed by atoms with van der Waals surface area (Å²) in [6.45, 7) is 17.1. The van der Waals surface area contributed by atoms with Crippen molar-refractivity contribution in [1.82, 2.24) is 19.8 Å². The van der Waals surface area contributed by atoms with Gasteiger partial charge >= 0.3 is 0 Å². The Morgan fingerprint density at radius 1 is 1.06 bits per heavy atom. The molecule has 0 saturated carbocycles. The lowest BCUT2D eigenvalue weighted by atomic mass is 9.87. The first-order chi connectivity index (χ1) is 14.7. The smallest absolute Gasteiger partial charge is 0.272 e.